The number of hydrogen-bond donors (Lipinski definition) is 1. The summed E-state index contributed by atoms with van der Waals surface area (Å²) in [6.45, 7) is 3.47. The summed E-state index contributed by atoms with van der Waals surface area (Å²) >= 11 is 0. The van der Waals surface area contributed by atoms with Crippen LogP contribution >= 0.6 is 0 Å². The lowest BCUT2D eigenvalue weighted by molar-refractivity contribution is 0.353. The third-order valence-electron chi connectivity index (χ3n) is 1.38. The van der Waals surface area contributed by atoms with Crippen molar-refractivity contribution < 1.29 is 4.39 Å². The van der Waals surface area contributed by atoms with Crippen molar-refractivity contribution in [3.63, 3.8) is 0 Å². The Morgan fingerprint density at radius 3 is 3.09 bits per heavy atom. The Morgan fingerprint density at radius 1 is 1.91 bits per heavy atom. The lowest BCUT2D eigenvalue weighted by atomic mass is 10.2. The second kappa shape index (κ2) is 3.30. The lowest BCUT2D eigenvalue weighted by Crippen LogP contribution is -2.06. The highest BCUT2D eigenvalue weighted by molar-refractivity contribution is 5.19. The highest BCUT2D eigenvalue weighted by Gasteiger charge is 2.08. The van der Waals surface area contributed by atoms with Gasteiger partial charge >= 0.3 is 0 Å². The van der Waals surface area contributed by atoms with E-state index >= 15 is 0 Å². The van der Waals surface area contributed by atoms with Crippen molar-refractivity contribution in [2.24, 2.45) is 5.73 Å². The molecule has 0 aromatic carbocycles. The van der Waals surface area contributed by atoms with Crippen molar-refractivity contribution in [1.82, 2.24) is 9.78 Å². The molecule has 1 rings (SSSR count). The molecule has 0 aliphatic carbocycles. The van der Waals surface area contributed by atoms with Gasteiger partial charge in [0.25, 0.3) is 0 Å². The normalized spacial score (nSPS) is 12.9. The van der Waals surface area contributed by atoms with E-state index in [0.717, 1.165) is 0 Å². The molecule has 0 saturated carbocycles. The van der Waals surface area contributed by atoms with Gasteiger partial charge in [-0.25, -0.2) is 9.07 Å². The summed E-state index contributed by atoms with van der Waals surface area (Å²) in [6.07, 6.45) is 3.37. The van der Waals surface area contributed by atoms with E-state index in [2.05, 4.69) is 11.7 Å². The minimum absolute atomic E-state index is 0.0111. The van der Waals surface area contributed by atoms with Gasteiger partial charge in [-0.05, 0) is 0 Å². The molecule has 1 unspecified atom stereocenters. The van der Waals surface area contributed by atoms with E-state index < -0.39 is 6.17 Å². The average Bonchev–Trinajstić information content (AvgIpc) is 2.50. The summed E-state index contributed by atoms with van der Waals surface area (Å²) < 4.78 is 14.2. The number of aromatic nitrogens is 2. The Bertz CT molecular complexity index is 244. The number of hydrogen-bond acceptors (Lipinski definition) is 2. The molecule has 11 heavy (non-hydrogen) atoms. The molecule has 0 aliphatic rings. The molecule has 1 atom stereocenters. The molecule has 0 saturated heterocycles. The van der Waals surface area contributed by atoms with Crippen LogP contribution in [0.15, 0.2) is 19.0 Å². The quantitative estimate of drug-likeness (QED) is 0.706. The van der Waals surface area contributed by atoms with Gasteiger partial charge in [0, 0.05) is 24.5 Å². The summed E-state index contributed by atoms with van der Waals surface area (Å²) in [4.78, 5) is 0. The zero-order valence-electron chi connectivity index (χ0n) is 6.07. The Morgan fingerprint density at radius 2 is 2.64 bits per heavy atom. The van der Waals surface area contributed by atoms with Crippen LogP contribution in [-0.2, 0) is 0 Å². The van der Waals surface area contributed by atoms with Gasteiger partial charge in [0.05, 0.1) is 6.20 Å². The molecule has 1 heterocycles. The molecule has 0 bridgehead atoms. The number of nitrogens with two attached hydrogens (primary N) is 1. The number of rotatable bonds is 3. The maximum absolute atomic E-state index is 12.8. The van der Waals surface area contributed by atoms with Crippen LogP contribution in [0.5, 0.6) is 0 Å². The van der Waals surface area contributed by atoms with Crippen molar-refractivity contribution in [1.29, 1.82) is 0 Å². The highest BCUT2D eigenvalue weighted by Crippen LogP contribution is 2.13. The van der Waals surface area contributed by atoms with E-state index in [-0.39, 0.29) is 6.54 Å². The van der Waals surface area contributed by atoms with E-state index in [0.29, 0.717) is 5.56 Å². The SMILES string of the molecule is C=Cn1cc(C(F)CN)cn1. The van der Waals surface area contributed by atoms with Crippen molar-refractivity contribution in [3.8, 4) is 0 Å². The summed E-state index contributed by atoms with van der Waals surface area (Å²) in [5.74, 6) is 0. The van der Waals surface area contributed by atoms with Crippen LogP contribution in [0.1, 0.15) is 11.7 Å². The van der Waals surface area contributed by atoms with E-state index in [4.69, 9.17) is 5.73 Å². The van der Waals surface area contributed by atoms with Crippen molar-refractivity contribution in [2.75, 3.05) is 6.54 Å². The molecule has 60 valence electrons. The summed E-state index contributed by atoms with van der Waals surface area (Å²) in [7, 11) is 0. The Balaban J connectivity index is 2.79. The molecular weight excluding hydrogens is 145 g/mol. The minimum Gasteiger partial charge on any atom is -0.327 e. The van der Waals surface area contributed by atoms with Crippen LogP contribution in [0.2, 0.25) is 0 Å². The average molecular weight is 155 g/mol. The van der Waals surface area contributed by atoms with E-state index in [1.807, 2.05) is 0 Å². The van der Waals surface area contributed by atoms with Gasteiger partial charge < -0.3 is 5.73 Å². The van der Waals surface area contributed by atoms with Crippen molar-refractivity contribution in [3.05, 3.63) is 24.5 Å². The van der Waals surface area contributed by atoms with Crippen molar-refractivity contribution in [2.45, 2.75) is 6.17 Å². The first kappa shape index (κ1) is 7.94. The lowest BCUT2D eigenvalue weighted by Gasteiger charge is -1.98. The van der Waals surface area contributed by atoms with Gasteiger partial charge in [0.15, 0.2) is 0 Å². The topological polar surface area (TPSA) is 43.8 Å². The van der Waals surface area contributed by atoms with Gasteiger partial charge in [-0.1, -0.05) is 6.58 Å². The van der Waals surface area contributed by atoms with Crippen LogP contribution in [0, 0.1) is 0 Å². The predicted molar refractivity (Wildman–Crippen MR) is 41.5 cm³/mol. The Kier molecular flexibility index (Phi) is 2.38. The van der Waals surface area contributed by atoms with E-state index in [1.165, 1.54) is 17.1 Å². The second-order valence-electron chi connectivity index (χ2n) is 2.14. The molecule has 4 heteroatoms. The maximum atomic E-state index is 12.8. The first-order chi connectivity index (χ1) is 5.27. The van der Waals surface area contributed by atoms with Crippen LogP contribution < -0.4 is 5.73 Å². The Labute approximate surface area is 64.3 Å². The van der Waals surface area contributed by atoms with Gasteiger partial charge in [-0.2, -0.15) is 5.10 Å². The third kappa shape index (κ3) is 1.65. The molecule has 1 aromatic rings. The molecule has 0 radical (unpaired) electrons. The smallest absolute Gasteiger partial charge is 0.140 e. The first-order valence-corrected chi connectivity index (χ1v) is 3.28. The minimum atomic E-state index is -1.12. The largest absolute Gasteiger partial charge is 0.327 e. The van der Waals surface area contributed by atoms with Gasteiger partial charge in [-0.15, -0.1) is 0 Å². The number of halogens is 1. The molecule has 0 amide bonds. The van der Waals surface area contributed by atoms with Crippen molar-refractivity contribution >= 4 is 6.20 Å². The van der Waals surface area contributed by atoms with Crippen LogP contribution in [0.3, 0.4) is 0 Å². The first-order valence-electron chi connectivity index (χ1n) is 3.28. The van der Waals surface area contributed by atoms with Crippen LogP contribution in [-0.4, -0.2) is 16.3 Å². The summed E-state index contributed by atoms with van der Waals surface area (Å²) in [5.41, 5.74) is 5.61. The fourth-order valence-electron chi connectivity index (χ4n) is 0.750. The van der Waals surface area contributed by atoms with Gasteiger partial charge in [0.1, 0.15) is 6.17 Å². The van der Waals surface area contributed by atoms with Gasteiger partial charge in [-0.3, -0.25) is 0 Å². The molecule has 1 aromatic heterocycles. The molecule has 3 nitrogen and oxygen atoms in total. The Hall–Kier alpha value is -1.16. The van der Waals surface area contributed by atoms with E-state index in [9.17, 15) is 4.39 Å². The molecular formula is C7H10FN3. The summed E-state index contributed by atoms with van der Waals surface area (Å²) in [5, 5.41) is 3.81. The van der Waals surface area contributed by atoms with Crippen LogP contribution in [0.25, 0.3) is 6.20 Å². The summed E-state index contributed by atoms with van der Waals surface area (Å²) in [6, 6.07) is 0. The molecule has 0 fully saturated rings. The molecule has 0 aliphatic heterocycles. The number of alkyl halides is 1. The monoisotopic (exact) mass is 155 g/mol. The highest BCUT2D eigenvalue weighted by atomic mass is 19.1. The zero-order valence-corrected chi connectivity index (χ0v) is 6.07. The molecule has 2 N–H and O–H groups in total. The predicted octanol–water partition coefficient (Wildman–Crippen LogP) is 0.953. The van der Waals surface area contributed by atoms with Gasteiger partial charge in [0.2, 0.25) is 0 Å². The maximum Gasteiger partial charge on any atom is 0.140 e. The van der Waals surface area contributed by atoms with Crippen LogP contribution in [0.4, 0.5) is 4.39 Å². The second-order valence-corrected chi connectivity index (χ2v) is 2.14. The standard InChI is InChI=1S/C7H10FN3/c1-2-11-5-6(4-10-11)7(8)3-9/h2,4-5,7H,1,3,9H2. The third-order valence-corrected chi connectivity index (χ3v) is 1.38. The number of nitrogens with zero attached hydrogens (tertiary/aromatic N) is 2. The fraction of sp³-hybridized carbons (Fsp3) is 0.286. The fourth-order valence-corrected chi connectivity index (χ4v) is 0.750. The molecule has 0 spiro atoms. The van der Waals surface area contributed by atoms with E-state index in [1.54, 1.807) is 6.20 Å². The zero-order chi connectivity index (χ0) is 8.27.